The van der Waals surface area contributed by atoms with E-state index in [0.717, 1.165) is 0 Å². The highest BCUT2D eigenvalue weighted by Crippen LogP contribution is 2.37. The smallest absolute Gasteiger partial charge is 0.211 e. The first-order chi connectivity index (χ1) is 8.84. The normalized spacial score (nSPS) is 11.6. The topological polar surface area (TPSA) is 34.1 Å². The van der Waals surface area contributed by atoms with Crippen LogP contribution in [-0.2, 0) is 9.84 Å². The molecule has 0 bridgehead atoms. The summed E-state index contributed by atoms with van der Waals surface area (Å²) in [6.07, 6.45) is 0. The Kier molecular flexibility index (Phi) is 4.33. The van der Waals surface area contributed by atoms with Crippen LogP contribution in [-0.4, -0.2) is 8.42 Å². The van der Waals surface area contributed by atoms with Gasteiger partial charge in [0.15, 0.2) is 0 Å². The van der Waals surface area contributed by atoms with E-state index in [1.165, 1.54) is 24.3 Å². The van der Waals surface area contributed by atoms with E-state index in [0.29, 0.717) is 0 Å². The van der Waals surface area contributed by atoms with Gasteiger partial charge in [-0.2, -0.15) is 0 Å². The van der Waals surface area contributed by atoms with E-state index < -0.39 is 9.84 Å². The zero-order chi connectivity index (χ0) is 14.2. The van der Waals surface area contributed by atoms with Crippen molar-refractivity contribution in [2.75, 3.05) is 0 Å². The molecule has 0 amide bonds. The highest BCUT2D eigenvalue weighted by Gasteiger charge is 2.26. The first-order valence-corrected chi connectivity index (χ1v) is 7.97. The molecule has 19 heavy (non-hydrogen) atoms. The van der Waals surface area contributed by atoms with Gasteiger partial charge in [0.05, 0.1) is 20.0 Å². The molecule has 2 nitrogen and oxygen atoms in total. The summed E-state index contributed by atoms with van der Waals surface area (Å²) in [6.45, 7) is 0. The standard InChI is InChI=1S/C12H6Cl4O2S/c13-7-5-9(15)12(10(16)6-7)19(17,18)11-4-2-1-3-8(11)14/h1-6H. The molecule has 0 radical (unpaired) electrons. The van der Waals surface area contributed by atoms with Gasteiger partial charge in [-0.15, -0.1) is 0 Å². The van der Waals surface area contributed by atoms with Crippen LogP contribution < -0.4 is 0 Å². The Labute approximate surface area is 130 Å². The Morgan fingerprint density at radius 3 is 1.84 bits per heavy atom. The molecule has 0 N–H and O–H groups in total. The minimum atomic E-state index is -3.90. The van der Waals surface area contributed by atoms with Gasteiger partial charge in [-0.05, 0) is 24.3 Å². The lowest BCUT2D eigenvalue weighted by atomic mass is 10.3. The molecule has 7 heteroatoms. The third kappa shape index (κ3) is 2.86. The maximum absolute atomic E-state index is 12.5. The first kappa shape index (κ1) is 14.9. The molecular formula is C12H6Cl4O2S. The number of hydrogen-bond donors (Lipinski definition) is 0. The molecule has 0 aliphatic rings. The Morgan fingerprint density at radius 2 is 1.32 bits per heavy atom. The molecule has 2 rings (SSSR count). The fourth-order valence-corrected chi connectivity index (χ4v) is 4.86. The molecule has 0 unspecified atom stereocenters. The maximum Gasteiger partial charge on any atom is 0.211 e. The number of benzene rings is 2. The number of halogens is 4. The molecule has 0 saturated carbocycles. The molecule has 2 aromatic rings. The average molecular weight is 356 g/mol. The Bertz CT molecular complexity index is 718. The lowest BCUT2D eigenvalue weighted by Crippen LogP contribution is -2.04. The van der Waals surface area contributed by atoms with Crippen LogP contribution in [0.25, 0.3) is 0 Å². The zero-order valence-electron chi connectivity index (χ0n) is 9.20. The predicted octanol–water partition coefficient (Wildman–Crippen LogP) is 5.13. The van der Waals surface area contributed by atoms with E-state index in [1.807, 2.05) is 0 Å². The minimum Gasteiger partial charge on any atom is -0.218 e. The van der Waals surface area contributed by atoms with E-state index in [1.54, 1.807) is 12.1 Å². The molecule has 0 heterocycles. The monoisotopic (exact) mass is 354 g/mol. The van der Waals surface area contributed by atoms with Crippen LogP contribution in [0.5, 0.6) is 0 Å². The minimum absolute atomic E-state index is 0.0441. The average Bonchev–Trinajstić information content (AvgIpc) is 2.27. The third-order valence-corrected chi connectivity index (χ3v) is 5.75. The summed E-state index contributed by atoms with van der Waals surface area (Å²) < 4.78 is 25.0. The Morgan fingerprint density at radius 1 is 0.789 bits per heavy atom. The van der Waals surface area contributed by atoms with E-state index in [9.17, 15) is 8.42 Å². The third-order valence-electron chi connectivity index (χ3n) is 2.36. The van der Waals surface area contributed by atoms with E-state index in [4.69, 9.17) is 46.4 Å². The van der Waals surface area contributed by atoms with Gasteiger partial charge in [0, 0.05) is 5.02 Å². The van der Waals surface area contributed by atoms with E-state index in [2.05, 4.69) is 0 Å². The van der Waals surface area contributed by atoms with Crippen LogP contribution in [0.3, 0.4) is 0 Å². The summed E-state index contributed by atoms with van der Waals surface area (Å²) in [5.41, 5.74) is 0. The summed E-state index contributed by atoms with van der Waals surface area (Å²) in [5.74, 6) is 0. The molecule has 0 atom stereocenters. The van der Waals surface area contributed by atoms with E-state index >= 15 is 0 Å². The van der Waals surface area contributed by atoms with Crippen molar-refractivity contribution in [3.05, 3.63) is 56.5 Å². The van der Waals surface area contributed by atoms with Gasteiger partial charge < -0.3 is 0 Å². The second-order valence-electron chi connectivity index (χ2n) is 3.63. The van der Waals surface area contributed by atoms with Crippen molar-refractivity contribution in [2.24, 2.45) is 0 Å². The molecule has 0 aromatic heterocycles. The van der Waals surface area contributed by atoms with Gasteiger partial charge in [0.1, 0.15) is 4.90 Å². The van der Waals surface area contributed by atoms with Gasteiger partial charge in [-0.1, -0.05) is 58.5 Å². The van der Waals surface area contributed by atoms with Gasteiger partial charge in [0.2, 0.25) is 9.84 Å². The molecule has 100 valence electrons. The molecule has 0 fully saturated rings. The van der Waals surface area contributed by atoms with Crippen LogP contribution in [0.15, 0.2) is 46.2 Å². The van der Waals surface area contributed by atoms with Gasteiger partial charge in [-0.25, -0.2) is 8.42 Å². The second kappa shape index (κ2) is 5.51. The van der Waals surface area contributed by atoms with Crippen molar-refractivity contribution in [1.82, 2.24) is 0 Å². The molecule has 0 saturated heterocycles. The van der Waals surface area contributed by atoms with Crippen molar-refractivity contribution >= 4 is 56.2 Å². The summed E-state index contributed by atoms with van der Waals surface area (Å²) in [6, 6.07) is 8.70. The largest absolute Gasteiger partial charge is 0.218 e. The lowest BCUT2D eigenvalue weighted by molar-refractivity contribution is 0.596. The van der Waals surface area contributed by atoms with Gasteiger partial charge in [0.25, 0.3) is 0 Å². The van der Waals surface area contributed by atoms with Crippen molar-refractivity contribution < 1.29 is 8.42 Å². The molecule has 0 aliphatic heterocycles. The summed E-state index contributed by atoms with van der Waals surface area (Å²) in [5, 5.41) is 0.271. The van der Waals surface area contributed by atoms with Crippen LogP contribution in [0, 0.1) is 0 Å². The van der Waals surface area contributed by atoms with Gasteiger partial charge >= 0.3 is 0 Å². The number of hydrogen-bond acceptors (Lipinski definition) is 2. The number of sulfone groups is 1. The highest BCUT2D eigenvalue weighted by molar-refractivity contribution is 7.91. The quantitative estimate of drug-likeness (QED) is 0.747. The van der Waals surface area contributed by atoms with Crippen LogP contribution in [0.2, 0.25) is 20.1 Å². The summed E-state index contributed by atoms with van der Waals surface area (Å²) >= 11 is 23.5. The molecular weight excluding hydrogens is 350 g/mol. The summed E-state index contributed by atoms with van der Waals surface area (Å²) in [4.78, 5) is -0.254. The van der Waals surface area contributed by atoms with E-state index in [-0.39, 0.29) is 29.9 Å². The van der Waals surface area contributed by atoms with Crippen molar-refractivity contribution in [3.8, 4) is 0 Å². The molecule has 0 aliphatic carbocycles. The zero-order valence-corrected chi connectivity index (χ0v) is 13.0. The fourth-order valence-electron chi connectivity index (χ4n) is 1.56. The first-order valence-electron chi connectivity index (χ1n) is 4.98. The van der Waals surface area contributed by atoms with Crippen LogP contribution in [0.4, 0.5) is 0 Å². The second-order valence-corrected chi connectivity index (χ2v) is 7.15. The van der Waals surface area contributed by atoms with Crippen LogP contribution in [0.1, 0.15) is 0 Å². The van der Waals surface area contributed by atoms with Gasteiger partial charge in [-0.3, -0.25) is 0 Å². The fraction of sp³-hybridized carbons (Fsp3) is 0. The lowest BCUT2D eigenvalue weighted by Gasteiger charge is -2.10. The van der Waals surface area contributed by atoms with Crippen molar-refractivity contribution in [3.63, 3.8) is 0 Å². The SMILES string of the molecule is O=S(=O)(c1ccccc1Cl)c1c(Cl)cc(Cl)cc1Cl. The molecule has 2 aromatic carbocycles. The number of rotatable bonds is 2. The van der Waals surface area contributed by atoms with Crippen molar-refractivity contribution in [1.29, 1.82) is 0 Å². The summed E-state index contributed by atoms with van der Waals surface area (Å²) in [7, 11) is -3.90. The maximum atomic E-state index is 12.5. The highest BCUT2D eigenvalue weighted by atomic mass is 35.5. The Balaban J connectivity index is 2.75. The molecule has 0 spiro atoms. The van der Waals surface area contributed by atoms with Crippen molar-refractivity contribution in [2.45, 2.75) is 9.79 Å². The Hall–Kier alpha value is -0.450. The van der Waals surface area contributed by atoms with Crippen LogP contribution >= 0.6 is 46.4 Å². The predicted molar refractivity (Wildman–Crippen MR) is 78.4 cm³/mol.